The maximum Gasteiger partial charge on any atom is 0.302 e. The summed E-state index contributed by atoms with van der Waals surface area (Å²) in [6.07, 6.45) is 15.2. The van der Waals surface area contributed by atoms with Gasteiger partial charge in [0.1, 0.15) is 6.10 Å². The topological polar surface area (TPSA) is 26.3 Å². The van der Waals surface area contributed by atoms with E-state index in [-0.39, 0.29) is 22.9 Å². The Morgan fingerprint density at radius 1 is 0.971 bits per heavy atom. The van der Waals surface area contributed by atoms with Gasteiger partial charge in [-0.1, -0.05) is 64.3 Å². The molecular weight excluding hydrogens is 416 g/mol. The summed E-state index contributed by atoms with van der Waals surface area (Å²) in [4.78, 5) is 11.8. The number of rotatable bonds is 5. The highest BCUT2D eigenvalue weighted by atomic mass is 16.5. The van der Waals surface area contributed by atoms with E-state index in [1.54, 1.807) is 6.92 Å². The van der Waals surface area contributed by atoms with Gasteiger partial charge in [-0.05, 0) is 112 Å². The quantitative estimate of drug-likeness (QED) is 0.297. The Hall–Kier alpha value is -1.05. The van der Waals surface area contributed by atoms with Gasteiger partial charge in [-0.15, -0.1) is 0 Å². The van der Waals surface area contributed by atoms with Crippen molar-refractivity contribution in [3.8, 4) is 0 Å². The van der Waals surface area contributed by atoms with Gasteiger partial charge in [-0.25, -0.2) is 0 Å². The van der Waals surface area contributed by atoms with Crippen LogP contribution in [0.1, 0.15) is 127 Å². The van der Waals surface area contributed by atoms with Crippen LogP contribution in [0.15, 0.2) is 22.8 Å². The van der Waals surface area contributed by atoms with Crippen LogP contribution < -0.4 is 0 Å². The second kappa shape index (κ2) is 8.81. The van der Waals surface area contributed by atoms with Crippen LogP contribution >= 0.6 is 0 Å². The summed E-state index contributed by atoms with van der Waals surface area (Å²) < 4.78 is 5.87. The first-order valence-electron chi connectivity index (χ1n) is 14.3. The number of hydrogen-bond acceptors (Lipinski definition) is 2. The minimum atomic E-state index is -0.117. The molecular formula is C32H52O2. The zero-order chi connectivity index (χ0) is 25.1. The molecule has 2 saturated carbocycles. The SMILES string of the molecule is CC(=O)O[C@H]1CCC2(C)C3=C(CCC2C1(C)C)[C@]1(C)CCC(C(C)CCC=C(C)C)[C@@]1(C)CC3. The summed E-state index contributed by atoms with van der Waals surface area (Å²) in [5.41, 5.74) is 6.25. The molecule has 2 nitrogen and oxygen atoms in total. The van der Waals surface area contributed by atoms with Crippen LogP contribution in [0.3, 0.4) is 0 Å². The molecule has 0 saturated heterocycles. The van der Waals surface area contributed by atoms with E-state index in [2.05, 4.69) is 61.5 Å². The Morgan fingerprint density at radius 3 is 2.32 bits per heavy atom. The molecule has 4 aliphatic rings. The fraction of sp³-hybridized carbons (Fsp3) is 0.844. The maximum atomic E-state index is 11.8. The van der Waals surface area contributed by atoms with Gasteiger partial charge in [0.25, 0.3) is 0 Å². The first kappa shape index (κ1) is 26.0. The molecule has 0 N–H and O–H groups in total. The molecule has 0 aliphatic heterocycles. The summed E-state index contributed by atoms with van der Waals surface area (Å²) in [6, 6.07) is 0. The predicted octanol–water partition coefficient (Wildman–Crippen LogP) is 9.05. The third-order valence-corrected chi connectivity index (χ3v) is 11.9. The standard InChI is InChI=1S/C32H52O2/c1-21(2)11-10-12-22(3)24-15-19-32(9)26-13-14-27-29(5,6)28(34-23(4)33)17-18-30(27,7)25(26)16-20-31(24,32)8/h11,22,24,27-28H,10,12-20H2,1-9H3/t22?,24?,27?,28-,30?,31+,32-/m0/s1. The third kappa shape index (κ3) is 3.85. The number of carbonyl (C=O) groups excluding carboxylic acids is 1. The largest absolute Gasteiger partial charge is 0.462 e. The summed E-state index contributed by atoms with van der Waals surface area (Å²) in [6.45, 7) is 21.2. The molecule has 0 spiro atoms. The van der Waals surface area contributed by atoms with E-state index in [1.807, 2.05) is 11.1 Å². The smallest absolute Gasteiger partial charge is 0.302 e. The Morgan fingerprint density at radius 2 is 1.68 bits per heavy atom. The lowest BCUT2D eigenvalue weighted by Crippen LogP contribution is -2.55. The first-order valence-corrected chi connectivity index (χ1v) is 14.3. The van der Waals surface area contributed by atoms with E-state index >= 15 is 0 Å². The van der Waals surface area contributed by atoms with Crippen LogP contribution in [0, 0.1) is 39.4 Å². The average Bonchev–Trinajstić information content (AvgIpc) is 3.01. The normalized spacial score (nSPS) is 41.7. The van der Waals surface area contributed by atoms with Crippen molar-refractivity contribution >= 4 is 5.97 Å². The van der Waals surface area contributed by atoms with Crippen molar-refractivity contribution in [3.63, 3.8) is 0 Å². The predicted molar refractivity (Wildman–Crippen MR) is 142 cm³/mol. The third-order valence-electron chi connectivity index (χ3n) is 11.9. The monoisotopic (exact) mass is 468 g/mol. The van der Waals surface area contributed by atoms with Crippen molar-refractivity contribution in [2.75, 3.05) is 0 Å². The molecule has 34 heavy (non-hydrogen) atoms. The van der Waals surface area contributed by atoms with Crippen molar-refractivity contribution < 1.29 is 9.53 Å². The second-order valence-electron chi connectivity index (χ2n) is 14.2. The Balaban J connectivity index is 1.63. The van der Waals surface area contributed by atoms with Crippen LogP contribution in [0.25, 0.3) is 0 Å². The fourth-order valence-electron chi connectivity index (χ4n) is 9.86. The lowest BCUT2D eigenvalue weighted by Gasteiger charge is -2.62. The average molecular weight is 469 g/mol. The highest BCUT2D eigenvalue weighted by molar-refractivity contribution is 5.66. The number of esters is 1. The van der Waals surface area contributed by atoms with Crippen molar-refractivity contribution in [1.82, 2.24) is 0 Å². The van der Waals surface area contributed by atoms with Gasteiger partial charge in [-0.3, -0.25) is 4.79 Å². The molecule has 0 aromatic carbocycles. The molecule has 0 aromatic heterocycles. The van der Waals surface area contributed by atoms with E-state index in [0.717, 1.165) is 18.3 Å². The number of carbonyl (C=O) groups is 1. The van der Waals surface area contributed by atoms with Crippen LogP contribution in [0.4, 0.5) is 0 Å². The van der Waals surface area contributed by atoms with E-state index in [1.165, 1.54) is 63.4 Å². The summed E-state index contributed by atoms with van der Waals surface area (Å²) >= 11 is 0. The lowest BCUT2D eigenvalue weighted by atomic mass is 9.43. The van der Waals surface area contributed by atoms with Gasteiger partial charge in [0.2, 0.25) is 0 Å². The maximum absolute atomic E-state index is 11.8. The van der Waals surface area contributed by atoms with Crippen molar-refractivity contribution in [1.29, 1.82) is 0 Å². The minimum Gasteiger partial charge on any atom is -0.462 e. The van der Waals surface area contributed by atoms with Gasteiger partial charge >= 0.3 is 5.97 Å². The number of allylic oxidation sites excluding steroid dienone is 4. The Kier molecular flexibility index (Phi) is 6.74. The minimum absolute atomic E-state index is 0.0382. The van der Waals surface area contributed by atoms with Crippen molar-refractivity contribution in [2.45, 2.75) is 133 Å². The van der Waals surface area contributed by atoms with Gasteiger partial charge in [0.15, 0.2) is 0 Å². The molecule has 0 bridgehead atoms. The second-order valence-corrected chi connectivity index (χ2v) is 14.2. The molecule has 7 atom stereocenters. The van der Waals surface area contributed by atoms with Crippen LogP contribution in [0.5, 0.6) is 0 Å². The summed E-state index contributed by atoms with van der Waals surface area (Å²) in [7, 11) is 0. The zero-order valence-electron chi connectivity index (χ0n) is 23.8. The van der Waals surface area contributed by atoms with Crippen LogP contribution in [-0.2, 0) is 9.53 Å². The van der Waals surface area contributed by atoms with E-state index in [0.29, 0.717) is 16.7 Å². The summed E-state index contributed by atoms with van der Waals surface area (Å²) in [5, 5.41) is 0. The van der Waals surface area contributed by atoms with Crippen LogP contribution in [-0.4, -0.2) is 12.1 Å². The zero-order valence-corrected chi connectivity index (χ0v) is 23.8. The molecule has 0 heterocycles. The van der Waals surface area contributed by atoms with Crippen molar-refractivity contribution in [2.24, 2.45) is 39.4 Å². The molecule has 4 rings (SSSR count). The van der Waals surface area contributed by atoms with Crippen LogP contribution in [0.2, 0.25) is 0 Å². The highest BCUT2D eigenvalue weighted by Crippen LogP contribution is 2.72. The Labute approximate surface area is 210 Å². The number of ether oxygens (including phenoxy) is 1. The fourth-order valence-corrected chi connectivity index (χ4v) is 9.86. The van der Waals surface area contributed by atoms with Gasteiger partial charge in [0.05, 0.1) is 0 Å². The highest BCUT2D eigenvalue weighted by Gasteiger charge is 2.63. The lowest BCUT2D eigenvalue weighted by molar-refractivity contribution is -0.167. The molecule has 0 amide bonds. The molecule has 4 unspecified atom stereocenters. The Bertz CT molecular complexity index is 873. The number of hydrogen-bond donors (Lipinski definition) is 0. The van der Waals surface area contributed by atoms with E-state index < -0.39 is 0 Å². The number of fused-ring (bicyclic) bond motifs is 4. The summed E-state index contributed by atoms with van der Waals surface area (Å²) in [5.74, 6) is 2.13. The first-order chi connectivity index (χ1) is 15.8. The molecule has 2 heteroatoms. The molecule has 4 aliphatic carbocycles. The molecule has 0 radical (unpaired) electrons. The van der Waals surface area contributed by atoms with Crippen molar-refractivity contribution in [3.05, 3.63) is 22.8 Å². The molecule has 0 aromatic rings. The van der Waals surface area contributed by atoms with Gasteiger partial charge < -0.3 is 4.74 Å². The van der Waals surface area contributed by atoms with Gasteiger partial charge in [0, 0.05) is 12.3 Å². The van der Waals surface area contributed by atoms with E-state index in [9.17, 15) is 4.79 Å². The van der Waals surface area contributed by atoms with E-state index in [4.69, 9.17) is 4.74 Å². The molecule has 2 fully saturated rings. The van der Waals surface area contributed by atoms with Gasteiger partial charge in [-0.2, -0.15) is 0 Å². The molecule has 192 valence electrons.